The summed E-state index contributed by atoms with van der Waals surface area (Å²) in [6, 6.07) is 5.70. The molecule has 3 N–H and O–H groups in total. The molecule has 0 bridgehead atoms. The Morgan fingerprint density at radius 3 is 2.86 bits per heavy atom. The largest absolute Gasteiger partial charge is 0.382 e. The SMILES string of the molecule is CCc1[nH]c(-c2ccccn2)nc1N. The summed E-state index contributed by atoms with van der Waals surface area (Å²) in [5, 5.41) is 0. The summed E-state index contributed by atoms with van der Waals surface area (Å²) in [6.07, 6.45) is 2.59. The molecule has 2 rings (SSSR count). The molecule has 0 aliphatic heterocycles. The number of nitrogen functional groups attached to an aromatic ring is 1. The number of pyridine rings is 1. The highest BCUT2D eigenvalue weighted by Crippen LogP contribution is 2.17. The zero-order valence-electron chi connectivity index (χ0n) is 7.99. The summed E-state index contributed by atoms with van der Waals surface area (Å²) in [5.74, 6) is 1.30. The van der Waals surface area contributed by atoms with E-state index in [1.807, 2.05) is 25.1 Å². The highest BCUT2D eigenvalue weighted by molar-refractivity contribution is 5.54. The van der Waals surface area contributed by atoms with Crippen LogP contribution in [0.2, 0.25) is 0 Å². The second kappa shape index (κ2) is 3.49. The molecular formula is C10H12N4. The standard InChI is InChI=1S/C10H12N4/c1-2-7-9(11)14-10(13-7)8-5-3-4-6-12-8/h3-6H,2,11H2,1H3,(H,13,14). The van der Waals surface area contributed by atoms with Gasteiger partial charge in [0.1, 0.15) is 11.5 Å². The van der Waals surface area contributed by atoms with Gasteiger partial charge in [-0.1, -0.05) is 13.0 Å². The zero-order valence-corrected chi connectivity index (χ0v) is 7.99. The van der Waals surface area contributed by atoms with Crippen molar-refractivity contribution in [2.24, 2.45) is 0 Å². The first-order valence-corrected chi connectivity index (χ1v) is 4.57. The topological polar surface area (TPSA) is 67.6 Å². The number of nitrogens with zero attached hydrogens (tertiary/aromatic N) is 2. The summed E-state index contributed by atoms with van der Waals surface area (Å²) in [5.41, 5.74) is 7.50. The summed E-state index contributed by atoms with van der Waals surface area (Å²) in [7, 11) is 0. The van der Waals surface area contributed by atoms with Gasteiger partial charge < -0.3 is 10.7 Å². The molecule has 0 fully saturated rings. The van der Waals surface area contributed by atoms with Gasteiger partial charge in [0.15, 0.2) is 5.82 Å². The molecule has 0 amide bonds. The number of aromatic nitrogens is 3. The van der Waals surface area contributed by atoms with Gasteiger partial charge in [-0.15, -0.1) is 0 Å². The van der Waals surface area contributed by atoms with Crippen molar-refractivity contribution < 1.29 is 0 Å². The van der Waals surface area contributed by atoms with Gasteiger partial charge in [-0.2, -0.15) is 0 Å². The Balaban J connectivity index is 2.43. The Morgan fingerprint density at radius 2 is 2.29 bits per heavy atom. The van der Waals surface area contributed by atoms with Gasteiger partial charge in [0, 0.05) is 6.20 Å². The fraction of sp³-hybridized carbons (Fsp3) is 0.200. The van der Waals surface area contributed by atoms with E-state index in [1.54, 1.807) is 6.20 Å². The molecular weight excluding hydrogens is 176 g/mol. The lowest BCUT2D eigenvalue weighted by Crippen LogP contribution is -1.89. The van der Waals surface area contributed by atoms with Gasteiger partial charge in [-0.25, -0.2) is 4.98 Å². The number of rotatable bonds is 2. The molecule has 14 heavy (non-hydrogen) atoms. The Kier molecular flexibility index (Phi) is 2.18. The lowest BCUT2D eigenvalue weighted by atomic mass is 10.3. The highest BCUT2D eigenvalue weighted by atomic mass is 15.0. The molecule has 4 nitrogen and oxygen atoms in total. The van der Waals surface area contributed by atoms with Crippen molar-refractivity contribution in [1.82, 2.24) is 15.0 Å². The maximum Gasteiger partial charge on any atom is 0.158 e. The molecule has 2 heterocycles. The predicted octanol–water partition coefficient (Wildman–Crippen LogP) is 1.62. The van der Waals surface area contributed by atoms with Crippen molar-refractivity contribution in [3.05, 3.63) is 30.1 Å². The second-order valence-corrected chi connectivity index (χ2v) is 3.02. The zero-order chi connectivity index (χ0) is 9.97. The smallest absolute Gasteiger partial charge is 0.158 e. The van der Waals surface area contributed by atoms with Crippen LogP contribution in [0.1, 0.15) is 12.6 Å². The van der Waals surface area contributed by atoms with Gasteiger partial charge in [0.2, 0.25) is 0 Å². The monoisotopic (exact) mass is 188 g/mol. The van der Waals surface area contributed by atoms with Crippen molar-refractivity contribution in [2.45, 2.75) is 13.3 Å². The van der Waals surface area contributed by atoms with Crippen molar-refractivity contribution in [3.8, 4) is 11.5 Å². The Bertz CT molecular complexity index is 419. The van der Waals surface area contributed by atoms with E-state index in [4.69, 9.17) is 5.73 Å². The van der Waals surface area contributed by atoms with Crippen LogP contribution < -0.4 is 5.73 Å². The molecule has 0 saturated carbocycles. The maximum atomic E-state index is 5.72. The van der Waals surface area contributed by atoms with Crippen LogP contribution in [0.3, 0.4) is 0 Å². The molecule has 72 valence electrons. The third kappa shape index (κ3) is 1.46. The molecule has 2 aromatic rings. The lowest BCUT2D eigenvalue weighted by Gasteiger charge is -1.92. The first-order valence-electron chi connectivity index (χ1n) is 4.57. The van der Waals surface area contributed by atoms with E-state index in [-0.39, 0.29) is 0 Å². The second-order valence-electron chi connectivity index (χ2n) is 3.02. The maximum absolute atomic E-state index is 5.72. The van der Waals surface area contributed by atoms with Crippen LogP contribution in [0.15, 0.2) is 24.4 Å². The van der Waals surface area contributed by atoms with Gasteiger partial charge in [-0.05, 0) is 18.6 Å². The molecule has 0 aromatic carbocycles. The summed E-state index contributed by atoms with van der Waals surface area (Å²) in [4.78, 5) is 11.5. The summed E-state index contributed by atoms with van der Waals surface area (Å²) >= 11 is 0. The Hall–Kier alpha value is -1.84. The minimum atomic E-state index is 0.563. The Labute approximate surface area is 82.2 Å². The van der Waals surface area contributed by atoms with Crippen LogP contribution in [0.5, 0.6) is 0 Å². The van der Waals surface area contributed by atoms with E-state index < -0.39 is 0 Å². The molecule has 0 spiro atoms. The van der Waals surface area contributed by atoms with Crippen LogP contribution in [0.4, 0.5) is 5.82 Å². The molecule has 0 unspecified atom stereocenters. The van der Waals surface area contributed by atoms with Crippen LogP contribution in [0.25, 0.3) is 11.5 Å². The Morgan fingerprint density at radius 1 is 1.43 bits per heavy atom. The fourth-order valence-electron chi connectivity index (χ4n) is 1.32. The number of H-pyrrole nitrogens is 1. The molecule has 2 aromatic heterocycles. The van der Waals surface area contributed by atoms with Crippen molar-refractivity contribution in [1.29, 1.82) is 0 Å². The van der Waals surface area contributed by atoms with E-state index >= 15 is 0 Å². The molecule has 4 heteroatoms. The van der Waals surface area contributed by atoms with Crippen LogP contribution in [-0.4, -0.2) is 15.0 Å². The highest BCUT2D eigenvalue weighted by Gasteiger charge is 2.07. The average molecular weight is 188 g/mol. The third-order valence-electron chi connectivity index (χ3n) is 2.07. The quantitative estimate of drug-likeness (QED) is 0.752. The van der Waals surface area contributed by atoms with E-state index in [0.717, 1.165) is 23.6 Å². The first-order chi connectivity index (χ1) is 6.81. The normalized spacial score (nSPS) is 10.4. The van der Waals surface area contributed by atoms with Gasteiger partial charge in [0.05, 0.1) is 5.69 Å². The molecule has 0 atom stereocenters. The number of anilines is 1. The van der Waals surface area contributed by atoms with E-state index in [9.17, 15) is 0 Å². The molecule has 0 radical (unpaired) electrons. The third-order valence-corrected chi connectivity index (χ3v) is 2.07. The van der Waals surface area contributed by atoms with Crippen molar-refractivity contribution in [2.75, 3.05) is 5.73 Å². The number of nitrogens with two attached hydrogens (primary N) is 1. The molecule has 0 aliphatic carbocycles. The summed E-state index contributed by atoms with van der Waals surface area (Å²) in [6.45, 7) is 2.03. The van der Waals surface area contributed by atoms with Crippen LogP contribution in [0, 0.1) is 0 Å². The van der Waals surface area contributed by atoms with E-state index in [0.29, 0.717) is 5.82 Å². The van der Waals surface area contributed by atoms with E-state index in [1.165, 1.54) is 0 Å². The predicted molar refractivity (Wildman–Crippen MR) is 55.6 cm³/mol. The van der Waals surface area contributed by atoms with Gasteiger partial charge >= 0.3 is 0 Å². The van der Waals surface area contributed by atoms with E-state index in [2.05, 4.69) is 15.0 Å². The number of imidazole rings is 1. The lowest BCUT2D eigenvalue weighted by molar-refractivity contribution is 1.07. The van der Waals surface area contributed by atoms with Crippen molar-refractivity contribution in [3.63, 3.8) is 0 Å². The fourth-order valence-corrected chi connectivity index (χ4v) is 1.32. The van der Waals surface area contributed by atoms with Gasteiger partial charge in [0.25, 0.3) is 0 Å². The number of aromatic amines is 1. The average Bonchev–Trinajstić information content (AvgIpc) is 2.61. The minimum Gasteiger partial charge on any atom is -0.382 e. The van der Waals surface area contributed by atoms with Gasteiger partial charge in [-0.3, -0.25) is 4.98 Å². The number of hydrogen-bond acceptors (Lipinski definition) is 3. The number of hydrogen-bond donors (Lipinski definition) is 2. The first kappa shape index (κ1) is 8.74. The van der Waals surface area contributed by atoms with Crippen LogP contribution >= 0.6 is 0 Å². The van der Waals surface area contributed by atoms with Crippen LogP contribution in [-0.2, 0) is 6.42 Å². The number of aryl methyl sites for hydroxylation is 1. The van der Waals surface area contributed by atoms with Crippen molar-refractivity contribution >= 4 is 5.82 Å². The molecule has 0 aliphatic rings. The minimum absolute atomic E-state index is 0.563. The molecule has 0 saturated heterocycles. The number of nitrogens with one attached hydrogen (secondary N) is 1. The summed E-state index contributed by atoms with van der Waals surface area (Å²) < 4.78 is 0.